The molecule has 2 aromatic rings. The van der Waals surface area contributed by atoms with Crippen molar-refractivity contribution in [1.82, 2.24) is 0 Å². The number of benzene rings is 2. The number of hydrogen-bond acceptors (Lipinski definition) is 5. The van der Waals surface area contributed by atoms with E-state index >= 15 is 0 Å². The first-order chi connectivity index (χ1) is 18.9. The van der Waals surface area contributed by atoms with E-state index in [4.69, 9.17) is 15.9 Å². The van der Waals surface area contributed by atoms with Gasteiger partial charge in [-0.2, -0.15) is 0 Å². The molecule has 2 aromatic carbocycles. The normalized spacial score (nSPS) is 20.2. The van der Waals surface area contributed by atoms with E-state index in [1.165, 1.54) is 0 Å². The van der Waals surface area contributed by atoms with Crippen LogP contribution < -0.4 is 14.4 Å². The van der Waals surface area contributed by atoms with Crippen molar-refractivity contribution in [3.63, 3.8) is 0 Å². The van der Waals surface area contributed by atoms with Crippen LogP contribution in [0, 0.1) is 23.2 Å². The first-order valence-electron chi connectivity index (χ1n) is 13.4. The van der Waals surface area contributed by atoms with Crippen LogP contribution in [0.5, 0.6) is 11.5 Å². The largest absolute Gasteiger partial charge is 0.493 e. The molecule has 0 aromatic heterocycles. The van der Waals surface area contributed by atoms with Gasteiger partial charge in [-0.3, -0.25) is 9.59 Å². The number of terminal acetylenes is 1. The molecule has 1 aliphatic heterocycles. The first kappa shape index (κ1) is 28.7. The van der Waals surface area contributed by atoms with E-state index in [2.05, 4.69) is 70.4 Å². The molecule has 0 radical (unpaired) electrons. The van der Waals surface area contributed by atoms with Crippen molar-refractivity contribution in [2.24, 2.45) is 10.8 Å². The van der Waals surface area contributed by atoms with Gasteiger partial charge in [-0.25, -0.2) is 0 Å². The third-order valence-corrected chi connectivity index (χ3v) is 9.12. The highest BCUT2D eigenvalue weighted by atomic mass is 79.9. The molecule has 208 valence electrons. The van der Waals surface area contributed by atoms with Crippen molar-refractivity contribution >= 4 is 49.1 Å². The van der Waals surface area contributed by atoms with E-state index in [1.54, 1.807) is 7.11 Å². The summed E-state index contributed by atoms with van der Waals surface area (Å²) in [5.41, 5.74) is 4.63. The lowest BCUT2D eigenvalue weighted by Crippen LogP contribution is -2.44. The maximum atomic E-state index is 14.1. The number of nitrogens with zero attached hydrogens (tertiary/aromatic N) is 1. The van der Waals surface area contributed by atoms with Crippen LogP contribution in [0.2, 0.25) is 0 Å². The van der Waals surface area contributed by atoms with Gasteiger partial charge >= 0.3 is 0 Å². The molecule has 5 rings (SSSR count). The minimum absolute atomic E-state index is 0.0704. The lowest BCUT2D eigenvalue weighted by Gasteiger charge is -2.49. The molecule has 0 bridgehead atoms. The third-order valence-electron chi connectivity index (χ3n) is 7.90. The highest BCUT2D eigenvalue weighted by Gasteiger charge is 2.49. The molecule has 2 aliphatic carbocycles. The lowest BCUT2D eigenvalue weighted by molar-refractivity contribution is -0.119. The summed E-state index contributed by atoms with van der Waals surface area (Å²) in [4.78, 5) is 30.5. The van der Waals surface area contributed by atoms with Crippen molar-refractivity contribution in [2.45, 2.75) is 59.3 Å². The number of rotatable bonds is 5. The zero-order valence-corrected chi connectivity index (χ0v) is 26.7. The molecule has 1 heterocycles. The Bertz CT molecular complexity index is 1450. The Kier molecular flexibility index (Phi) is 7.56. The Morgan fingerprint density at radius 3 is 1.95 bits per heavy atom. The third kappa shape index (κ3) is 5.17. The van der Waals surface area contributed by atoms with Gasteiger partial charge in [-0.05, 0) is 65.6 Å². The average molecular weight is 667 g/mol. The summed E-state index contributed by atoms with van der Waals surface area (Å²) in [6.45, 7) is 8.65. The Morgan fingerprint density at radius 1 is 0.900 bits per heavy atom. The molecule has 7 heteroatoms. The van der Waals surface area contributed by atoms with E-state index in [-0.39, 0.29) is 29.0 Å². The van der Waals surface area contributed by atoms with Crippen LogP contribution >= 0.6 is 31.9 Å². The van der Waals surface area contributed by atoms with Gasteiger partial charge < -0.3 is 14.4 Å². The Morgan fingerprint density at radius 2 is 1.45 bits per heavy atom. The standard InChI is InChI=1S/C33H33Br2NO4/c1-7-12-40-28-14-22(35)21(13-27(28)39-6)29-30-23(15-32(2,3)17-25(30)37)36(20-10-8-19(34)9-11-20)24-16-33(4,5)18-26(38)31(24)29/h1,8-11,13-14,29H,12,15-18H2,2-6H3. The fraction of sp³-hybridized carbons (Fsp3) is 0.394. The van der Waals surface area contributed by atoms with Crippen molar-refractivity contribution < 1.29 is 19.1 Å². The molecular weight excluding hydrogens is 634 g/mol. The fourth-order valence-electron chi connectivity index (χ4n) is 6.34. The summed E-state index contributed by atoms with van der Waals surface area (Å²) in [7, 11) is 1.57. The van der Waals surface area contributed by atoms with Gasteiger partial charge in [0, 0.05) is 55.9 Å². The van der Waals surface area contributed by atoms with Crippen molar-refractivity contribution in [3.05, 3.63) is 73.4 Å². The summed E-state index contributed by atoms with van der Waals surface area (Å²) in [6, 6.07) is 11.8. The Labute approximate surface area is 253 Å². The second-order valence-corrected chi connectivity index (χ2v) is 14.1. The second-order valence-electron chi connectivity index (χ2n) is 12.4. The predicted molar refractivity (Wildman–Crippen MR) is 164 cm³/mol. The zero-order chi connectivity index (χ0) is 29.0. The Hall–Kier alpha value is -2.82. The maximum Gasteiger partial charge on any atom is 0.163 e. The number of carbonyl (C=O) groups is 2. The van der Waals surface area contributed by atoms with Crippen LogP contribution in [-0.4, -0.2) is 25.3 Å². The van der Waals surface area contributed by atoms with Crippen LogP contribution in [0.15, 0.2) is 67.9 Å². The molecule has 40 heavy (non-hydrogen) atoms. The first-order valence-corrected chi connectivity index (χ1v) is 15.0. The molecule has 0 saturated heterocycles. The zero-order valence-electron chi connectivity index (χ0n) is 23.5. The SMILES string of the molecule is C#CCOc1cc(Br)c(C2C3=C(CC(C)(C)CC3=O)N(c3ccc(Br)cc3)C3=C2C(=O)CC(C)(C)C3)cc1OC. The Balaban J connectivity index is 1.82. The molecule has 0 spiro atoms. The molecule has 0 N–H and O–H groups in total. The molecule has 0 unspecified atom stereocenters. The maximum absolute atomic E-state index is 14.1. The highest BCUT2D eigenvalue weighted by molar-refractivity contribution is 9.10. The average Bonchev–Trinajstić information content (AvgIpc) is 2.86. The number of ketones is 2. The fourth-order valence-corrected chi connectivity index (χ4v) is 7.16. The van der Waals surface area contributed by atoms with Gasteiger partial charge in [0.1, 0.15) is 6.61 Å². The molecular formula is C33H33Br2NO4. The number of anilines is 1. The number of Topliss-reactive ketones (excluding diaryl/α,β-unsaturated/α-hetero) is 2. The number of carbonyl (C=O) groups excluding carboxylic acids is 2. The lowest BCUT2D eigenvalue weighted by atomic mass is 9.63. The monoisotopic (exact) mass is 665 g/mol. The number of ether oxygens (including phenoxy) is 2. The summed E-state index contributed by atoms with van der Waals surface area (Å²) >= 11 is 7.31. The molecule has 0 fully saturated rings. The summed E-state index contributed by atoms with van der Waals surface area (Å²) in [5.74, 6) is 3.10. The van der Waals surface area contributed by atoms with Crippen molar-refractivity contribution in [1.29, 1.82) is 0 Å². The van der Waals surface area contributed by atoms with Crippen LogP contribution in [-0.2, 0) is 9.59 Å². The van der Waals surface area contributed by atoms with Gasteiger partial charge in [0.05, 0.1) is 7.11 Å². The van der Waals surface area contributed by atoms with E-state index in [0.717, 1.165) is 31.6 Å². The number of methoxy groups -OCH3 is 1. The van der Waals surface area contributed by atoms with Gasteiger partial charge in [0.25, 0.3) is 0 Å². The predicted octanol–water partition coefficient (Wildman–Crippen LogP) is 8.12. The van der Waals surface area contributed by atoms with Gasteiger partial charge in [-0.15, -0.1) is 6.42 Å². The van der Waals surface area contributed by atoms with Gasteiger partial charge in [0.2, 0.25) is 0 Å². The smallest absolute Gasteiger partial charge is 0.163 e. The molecule has 3 aliphatic rings. The quantitative estimate of drug-likeness (QED) is 0.302. The molecule has 0 amide bonds. The topological polar surface area (TPSA) is 55.8 Å². The van der Waals surface area contributed by atoms with Gasteiger partial charge in [-0.1, -0.05) is 65.5 Å². The summed E-state index contributed by atoms with van der Waals surface area (Å²) in [5, 5.41) is 0. The van der Waals surface area contributed by atoms with Crippen molar-refractivity contribution in [2.75, 3.05) is 18.6 Å². The second kappa shape index (κ2) is 10.5. The van der Waals surface area contributed by atoms with Crippen LogP contribution in [0.4, 0.5) is 5.69 Å². The molecule has 0 atom stereocenters. The molecule has 0 saturated carbocycles. The number of halogens is 2. The summed E-state index contributed by atoms with van der Waals surface area (Å²) < 4.78 is 13.1. The van der Waals surface area contributed by atoms with Crippen LogP contribution in [0.25, 0.3) is 0 Å². The molecule has 5 nitrogen and oxygen atoms in total. The minimum Gasteiger partial charge on any atom is -0.493 e. The highest BCUT2D eigenvalue weighted by Crippen LogP contribution is 2.56. The van der Waals surface area contributed by atoms with E-state index in [0.29, 0.717) is 48.3 Å². The number of hydrogen-bond donors (Lipinski definition) is 0. The van der Waals surface area contributed by atoms with Crippen molar-refractivity contribution in [3.8, 4) is 23.8 Å². The minimum atomic E-state index is -0.520. The van der Waals surface area contributed by atoms with Gasteiger partial charge in [0.15, 0.2) is 23.1 Å². The van der Waals surface area contributed by atoms with Crippen LogP contribution in [0.3, 0.4) is 0 Å². The summed E-state index contributed by atoms with van der Waals surface area (Å²) in [6.07, 6.45) is 7.67. The van der Waals surface area contributed by atoms with E-state index < -0.39 is 5.92 Å². The van der Waals surface area contributed by atoms with Crippen LogP contribution in [0.1, 0.15) is 64.9 Å². The van der Waals surface area contributed by atoms with E-state index in [9.17, 15) is 9.59 Å². The van der Waals surface area contributed by atoms with E-state index in [1.807, 2.05) is 36.4 Å². The number of allylic oxidation sites excluding steroid dienone is 4.